The van der Waals surface area contributed by atoms with Gasteiger partial charge in [0.05, 0.1) is 0 Å². The van der Waals surface area contributed by atoms with Gasteiger partial charge in [0.15, 0.2) is 5.78 Å². The number of hydrogen-bond donors (Lipinski definition) is 2. The van der Waals surface area contributed by atoms with Crippen molar-refractivity contribution >= 4 is 5.78 Å². The number of rotatable bonds is 4. The van der Waals surface area contributed by atoms with E-state index >= 15 is 0 Å². The molecule has 0 aromatic heterocycles. The van der Waals surface area contributed by atoms with Gasteiger partial charge in [-0.2, -0.15) is 0 Å². The first kappa shape index (κ1) is 12.1. The number of carbonyl (C=O) groups excluding carboxylic acids is 1. The predicted octanol–water partition coefficient (Wildman–Crippen LogP) is 2.23. The molecule has 0 aliphatic heterocycles. The summed E-state index contributed by atoms with van der Waals surface area (Å²) >= 11 is 0. The zero-order valence-corrected chi connectivity index (χ0v) is 10.2. The Hall–Kier alpha value is -1.35. The summed E-state index contributed by atoms with van der Waals surface area (Å²) in [4.78, 5) is 11.7. The van der Waals surface area contributed by atoms with Crippen LogP contribution in [0.15, 0.2) is 24.3 Å². The van der Waals surface area contributed by atoms with Gasteiger partial charge in [0.1, 0.15) is 11.4 Å². The van der Waals surface area contributed by atoms with E-state index < -0.39 is 5.60 Å². The highest BCUT2D eigenvalue weighted by Crippen LogP contribution is 2.53. The Balaban J connectivity index is 2.10. The maximum Gasteiger partial charge on any atom is 0.164 e. The number of phenols is 1. The van der Waals surface area contributed by atoms with Gasteiger partial charge in [0, 0.05) is 12.3 Å². The van der Waals surface area contributed by atoms with Crippen LogP contribution in [0.5, 0.6) is 5.75 Å². The molecule has 3 nitrogen and oxygen atoms in total. The fourth-order valence-corrected chi connectivity index (χ4v) is 2.47. The van der Waals surface area contributed by atoms with Crippen LogP contribution in [-0.4, -0.2) is 21.6 Å². The van der Waals surface area contributed by atoms with E-state index in [1.54, 1.807) is 26.0 Å². The lowest BCUT2D eigenvalue weighted by Gasteiger charge is -2.21. The third-order valence-electron chi connectivity index (χ3n) is 3.72. The van der Waals surface area contributed by atoms with Crippen LogP contribution < -0.4 is 0 Å². The SMILES string of the molecule is CCC(=O)[C@@](C)(O)C1CC1c1ccc(O)cc1. The highest BCUT2D eigenvalue weighted by molar-refractivity contribution is 5.87. The molecule has 1 saturated carbocycles. The Bertz CT molecular complexity index is 420. The minimum absolute atomic E-state index is 0.0134. The Morgan fingerprint density at radius 3 is 2.53 bits per heavy atom. The summed E-state index contributed by atoms with van der Waals surface area (Å²) in [6.45, 7) is 3.39. The second-order valence-corrected chi connectivity index (χ2v) is 4.96. The van der Waals surface area contributed by atoms with E-state index in [4.69, 9.17) is 0 Å². The minimum atomic E-state index is -1.21. The summed E-state index contributed by atoms with van der Waals surface area (Å²) in [5, 5.41) is 19.4. The molecule has 1 aliphatic rings. The van der Waals surface area contributed by atoms with Crippen LogP contribution >= 0.6 is 0 Å². The van der Waals surface area contributed by atoms with Crippen LogP contribution in [-0.2, 0) is 4.79 Å². The Morgan fingerprint density at radius 2 is 2.00 bits per heavy atom. The van der Waals surface area contributed by atoms with Crippen LogP contribution in [0.25, 0.3) is 0 Å². The summed E-state index contributed by atoms with van der Waals surface area (Å²) in [6, 6.07) is 6.99. The summed E-state index contributed by atoms with van der Waals surface area (Å²) in [5.41, 5.74) is -0.130. The molecule has 3 heteroatoms. The van der Waals surface area contributed by atoms with Gasteiger partial charge in [-0.15, -0.1) is 0 Å². The molecule has 92 valence electrons. The molecule has 0 amide bonds. The maximum absolute atomic E-state index is 11.7. The van der Waals surface area contributed by atoms with Crippen molar-refractivity contribution < 1.29 is 15.0 Å². The second kappa shape index (κ2) is 4.15. The molecule has 17 heavy (non-hydrogen) atoms. The molecule has 0 bridgehead atoms. The average molecular weight is 234 g/mol. The number of hydrogen-bond acceptors (Lipinski definition) is 3. The predicted molar refractivity (Wildman–Crippen MR) is 64.9 cm³/mol. The smallest absolute Gasteiger partial charge is 0.164 e. The molecular formula is C14H18O3. The number of ketones is 1. The fraction of sp³-hybridized carbons (Fsp3) is 0.500. The summed E-state index contributed by atoms with van der Waals surface area (Å²) in [5.74, 6) is 0.395. The molecule has 0 saturated heterocycles. The van der Waals surface area contributed by atoms with Crippen molar-refractivity contribution in [2.45, 2.75) is 38.2 Å². The number of aromatic hydroxyl groups is 1. The van der Waals surface area contributed by atoms with E-state index in [9.17, 15) is 15.0 Å². The van der Waals surface area contributed by atoms with Crippen molar-refractivity contribution in [1.82, 2.24) is 0 Å². The van der Waals surface area contributed by atoms with Crippen molar-refractivity contribution in [3.8, 4) is 5.75 Å². The van der Waals surface area contributed by atoms with Crippen molar-refractivity contribution in [3.63, 3.8) is 0 Å². The van der Waals surface area contributed by atoms with Gasteiger partial charge in [-0.1, -0.05) is 19.1 Å². The zero-order valence-electron chi connectivity index (χ0n) is 10.2. The lowest BCUT2D eigenvalue weighted by Crippen LogP contribution is -2.37. The van der Waals surface area contributed by atoms with Crippen molar-refractivity contribution in [2.24, 2.45) is 5.92 Å². The number of aliphatic hydroxyl groups is 1. The first-order chi connectivity index (χ1) is 7.96. The lowest BCUT2D eigenvalue weighted by atomic mass is 9.90. The quantitative estimate of drug-likeness (QED) is 0.840. The third-order valence-corrected chi connectivity index (χ3v) is 3.72. The number of phenolic OH excluding ortho intramolecular Hbond substituents is 1. The standard InChI is InChI=1S/C14H18O3/c1-3-13(16)14(2,17)12-8-11(12)9-4-6-10(15)7-5-9/h4-7,11-12,15,17H,3,8H2,1-2H3/t11?,12?,14-/m0/s1. The Morgan fingerprint density at radius 1 is 1.41 bits per heavy atom. The topological polar surface area (TPSA) is 57.5 Å². The molecular weight excluding hydrogens is 216 g/mol. The molecule has 0 heterocycles. The molecule has 1 aromatic carbocycles. The third kappa shape index (κ3) is 2.20. The van der Waals surface area contributed by atoms with Gasteiger partial charge in [-0.3, -0.25) is 4.79 Å². The van der Waals surface area contributed by atoms with Crippen molar-refractivity contribution in [1.29, 1.82) is 0 Å². The minimum Gasteiger partial charge on any atom is -0.508 e. The molecule has 0 radical (unpaired) electrons. The molecule has 1 aliphatic carbocycles. The van der Waals surface area contributed by atoms with E-state index in [2.05, 4.69) is 0 Å². The zero-order chi connectivity index (χ0) is 12.6. The van der Waals surface area contributed by atoms with Gasteiger partial charge >= 0.3 is 0 Å². The van der Waals surface area contributed by atoms with Crippen LogP contribution in [0.4, 0.5) is 0 Å². The highest BCUT2D eigenvalue weighted by atomic mass is 16.3. The van der Waals surface area contributed by atoms with E-state index in [0.717, 1.165) is 12.0 Å². The first-order valence-corrected chi connectivity index (χ1v) is 6.01. The van der Waals surface area contributed by atoms with E-state index in [0.29, 0.717) is 6.42 Å². The first-order valence-electron chi connectivity index (χ1n) is 6.01. The average Bonchev–Trinajstić information content (AvgIpc) is 3.09. The fourth-order valence-electron chi connectivity index (χ4n) is 2.47. The molecule has 1 aromatic rings. The van der Waals surface area contributed by atoms with Crippen LogP contribution in [0.1, 0.15) is 38.2 Å². The van der Waals surface area contributed by atoms with Crippen LogP contribution in [0, 0.1) is 5.92 Å². The number of Topliss-reactive ketones (excluding diaryl/α,β-unsaturated/α-hetero) is 1. The molecule has 2 unspecified atom stereocenters. The highest BCUT2D eigenvalue weighted by Gasteiger charge is 2.52. The molecule has 1 fully saturated rings. The van der Waals surface area contributed by atoms with Crippen LogP contribution in [0.3, 0.4) is 0 Å². The monoisotopic (exact) mass is 234 g/mol. The van der Waals surface area contributed by atoms with Gasteiger partial charge in [0.25, 0.3) is 0 Å². The molecule has 2 rings (SSSR count). The van der Waals surface area contributed by atoms with Crippen molar-refractivity contribution in [2.75, 3.05) is 0 Å². The lowest BCUT2D eigenvalue weighted by molar-refractivity contribution is -0.137. The van der Waals surface area contributed by atoms with Gasteiger partial charge in [0.2, 0.25) is 0 Å². The second-order valence-electron chi connectivity index (χ2n) is 4.96. The summed E-state index contributed by atoms with van der Waals surface area (Å²) in [7, 11) is 0. The van der Waals surface area contributed by atoms with Crippen LogP contribution in [0.2, 0.25) is 0 Å². The Kier molecular flexibility index (Phi) is 2.96. The van der Waals surface area contributed by atoms with E-state index in [1.165, 1.54) is 0 Å². The number of benzene rings is 1. The van der Waals surface area contributed by atoms with Crippen molar-refractivity contribution in [3.05, 3.63) is 29.8 Å². The van der Waals surface area contributed by atoms with E-state index in [-0.39, 0.29) is 23.4 Å². The molecule has 3 atom stereocenters. The van der Waals surface area contributed by atoms with E-state index in [1.807, 2.05) is 12.1 Å². The normalized spacial score (nSPS) is 26.3. The maximum atomic E-state index is 11.7. The summed E-state index contributed by atoms with van der Waals surface area (Å²) in [6.07, 6.45) is 1.20. The molecule has 0 spiro atoms. The summed E-state index contributed by atoms with van der Waals surface area (Å²) < 4.78 is 0. The largest absolute Gasteiger partial charge is 0.508 e. The van der Waals surface area contributed by atoms with Gasteiger partial charge < -0.3 is 10.2 Å². The van der Waals surface area contributed by atoms with Gasteiger partial charge in [-0.25, -0.2) is 0 Å². The van der Waals surface area contributed by atoms with Gasteiger partial charge in [-0.05, 0) is 37.0 Å². The number of carbonyl (C=O) groups is 1. The Labute approximate surface area is 101 Å². The molecule has 2 N–H and O–H groups in total.